The number of aromatic nitrogens is 4. The maximum Gasteiger partial charge on any atom is 0.355 e. The van der Waals surface area contributed by atoms with Gasteiger partial charge < -0.3 is 14.5 Å². The van der Waals surface area contributed by atoms with Crippen molar-refractivity contribution in [2.45, 2.75) is 32.7 Å². The van der Waals surface area contributed by atoms with Gasteiger partial charge in [0.25, 0.3) is 0 Å². The third kappa shape index (κ3) is 4.60. The number of nitrogens with zero attached hydrogens (tertiary/aromatic N) is 6. The molecule has 0 saturated carbocycles. The van der Waals surface area contributed by atoms with Crippen molar-refractivity contribution in [1.29, 1.82) is 0 Å². The summed E-state index contributed by atoms with van der Waals surface area (Å²) in [5.41, 5.74) is -0.116. The van der Waals surface area contributed by atoms with E-state index in [9.17, 15) is 14.0 Å². The summed E-state index contributed by atoms with van der Waals surface area (Å²) in [7, 11) is 0. The van der Waals surface area contributed by atoms with Gasteiger partial charge in [0.1, 0.15) is 46.0 Å². The van der Waals surface area contributed by atoms with Crippen LogP contribution < -0.4 is 15.3 Å². The number of pyridine rings is 2. The summed E-state index contributed by atoms with van der Waals surface area (Å²) in [4.78, 5) is 43.4. The highest BCUT2D eigenvalue weighted by atomic mass is 35.5. The van der Waals surface area contributed by atoms with Crippen LogP contribution in [0, 0.1) is 24.4 Å². The second-order valence-electron chi connectivity index (χ2n) is 10.8. The maximum absolute atomic E-state index is 15.2. The number of anilines is 1. The van der Waals surface area contributed by atoms with Gasteiger partial charge in [0.15, 0.2) is 11.4 Å². The van der Waals surface area contributed by atoms with Crippen molar-refractivity contribution in [2.24, 2.45) is 0 Å². The SMILES string of the molecule is C=CC(=O)N1CCN2c3nc(=O)n(-c4c(C)ccnc4C(C)C)c4nc(-c5c(F)cc(F)cc5F)c(Cl)c(c34)OC[C@@H]2C1. The number of halogens is 4. The summed E-state index contributed by atoms with van der Waals surface area (Å²) in [6.45, 7) is 10.1. The van der Waals surface area contributed by atoms with Crippen molar-refractivity contribution in [3.8, 4) is 22.7 Å². The number of aryl methyl sites for hydroxylation is 1. The average molecular weight is 611 g/mol. The molecule has 0 unspecified atom stereocenters. The molecule has 1 atom stereocenters. The summed E-state index contributed by atoms with van der Waals surface area (Å²) in [6.07, 6.45) is 2.85. The van der Waals surface area contributed by atoms with Crippen LogP contribution in [0.1, 0.15) is 31.0 Å². The van der Waals surface area contributed by atoms with Crippen LogP contribution in [0.25, 0.3) is 28.0 Å². The molecule has 5 heterocycles. The average Bonchev–Trinajstić information content (AvgIpc) is 3.12. The van der Waals surface area contributed by atoms with E-state index in [1.165, 1.54) is 10.6 Å². The van der Waals surface area contributed by atoms with Crippen molar-refractivity contribution in [1.82, 2.24) is 24.4 Å². The molecule has 222 valence electrons. The summed E-state index contributed by atoms with van der Waals surface area (Å²) < 4.78 is 51.6. The third-order valence-corrected chi connectivity index (χ3v) is 8.08. The Balaban J connectivity index is 1.72. The van der Waals surface area contributed by atoms with Crippen LogP contribution in [0.15, 0.2) is 41.8 Å². The zero-order valence-electron chi connectivity index (χ0n) is 23.5. The molecule has 4 aromatic rings. The number of carbonyl (C=O) groups is 1. The van der Waals surface area contributed by atoms with Gasteiger partial charge in [-0.05, 0) is 30.5 Å². The van der Waals surface area contributed by atoms with Crippen molar-refractivity contribution < 1.29 is 22.7 Å². The molecule has 3 aromatic heterocycles. The minimum atomic E-state index is -1.23. The van der Waals surface area contributed by atoms with Crippen LogP contribution in [0.4, 0.5) is 19.0 Å². The summed E-state index contributed by atoms with van der Waals surface area (Å²) in [6, 6.07) is 2.34. The lowest BCUT2D eigenvalue weighted by molar-refractivity contribution is -0.126. The van der Waals surface area contributed by atoms with Gasteiger partial charge in [-0.1, -0.05) is 32.0 Å². The summed E-state index contributed by atoms with van der Waals surface area (Å²) >= 11 is 6.80. The van der Waals surface area contributed by atoms with Gasteiger partial charge >= 0.3 is 5.69 Å². The molecule has 0 N–H and O–H groups in total. The van der Waals surface area contributed by atoms with Crippen LogP contribution in [-0.4, -0.2) is 62.6 Å². The monoisotopic (exact) mass is 610 g/mol. The number of hydrogen-bond acceptors (Lipinski definition) is 7. The molecule has 1 aromatic carbocycles. The molecule has 0 radical (unpaired) electrons. The minimum absolute atomic E-state index is 0.00128. The van der Waals surface area contributed by atoms with Gasteiger partial charge in [-0.25, -0.2) is 27.5 Å². The first-order chi connectivity index (χ1) is 20.5. The molecule has 2 aliphatic rings. The Kier molecular flexibility index (Phi) is 7.11. The second-order valence-corrected chi connectivity index (χ2v) is 11.1. The quantitative estimate of drug-likeness (QED) is 0.302. The lowest BCUT2D eigenvalue weighted by atomic mass is 10.0. The van der Waals surface area contributed by atoms with E-state index in [1.807, 2.05) is 18.7 Å². The molecular formula is C30H26ClF3N6O3. The first-order valence-corrected chi connectivity index (χ1v) is 14.0. The Morgan fingerprint density at radius 2 is 1.91 bits per heavy atom. The molecule has 0 aliphatic carbocycles. The van der Waals surface area contributed by atoms with Crippen molar-refractivity contribution in [3.63, 3.8) is 0 Å². The second kappa shape index (κ2) is 10.7. The van der Waals surface area contributed by atoms with E-state index in [0.29, 0.717) is 42.2 Å². The van der Waals surface area contributed by atoms with Crippen LogP contribution in [-0.2, 0) is 4.79 Å². The number of ether oxygens (including phenoxy) is 1. The fourth-order valence-corrected chi connectivity index (χ4v) is 6.02. The van der Waals surface area contributed by atoms with E-state index in [-0.39, 0.29) is 58.3 Å². The number of carbonyl (C=O) groups excluding carboxylic acids is 1. The Morgan fingerprint density at radius 3 is 2.58 bits per heavy atom. The fourth-order valence-electron chi connectivity index (χ4n) is 5.73. The van der Waals surface area contributed by atoms with Gasteiger partial charge in [-0.15, -0.1) is 0 Å². The highest BCUT2D eigenvalue weighted by Gasteiger charge is 2.37. The Labute approximate surface area is 249 Å². The first-order valence-electron chi connectivity index (χ1n) is 13.6. The molecule has 1 fully saturated rings. The van der Waals surface area contributed by atoms with Gasteiger partial charge in [0.05, 0.1) is 23.0 Å². The van der Waals surface area contributed by atoms with Crippen LogP contribution in [0.3, 0.4) is 0 Å². The molecular weight excluding hydrogens is 585 g/mol. The van der Waals surface area contributed by atoms with E-state index >= 15 is 8.78 Å². The standard InChI is InChI=1S/C30H26ClF3N6O3/c1-5-20(41)38-8-9-39-17(12-38)13-43-27-22-28(39)37-30(42)40(26-15(4)6-7-35-24(26)14(2)3)29(22)36-25(23(27)31)21-18(33)10-16(32)11-19(21)34/h5-7,10-11,14,17H,1,8-9,12-13H2,2-4H3/t17-/m0/s1. The number of hydrogen-bond donors (Lipinski definition) is 0. The zero-order chi connectivity index (χ0) is 30.7. The lowest BCUT2D eigenvalue weighted by Crippen LogP contribution is -2.56. The van der Waals surface area contributed by atoms with E-state index in [1.54, 1.807) is 24.1 Å². The normalized spacial score (nSPS) is 16.2. The summed E-state index contributed by atoms with van der Waals surface area (Å²) in [5.74, 6) is -3.73. The van der Waals surface area contributed by atoms with Gasteiger partial charge in [0, 0.05) is 38.0 Å². The topological polar surface area (TPSA) is 93.5 Å². The number of amides is 1. The molecule has 1 amide bonds. The predicted molar refractivity (Wildman–Crippen MR) is 155 cm³/mol. The highest BCUT2D eigenvalue weighted by Crippen LogP contribution is 2.46. The molecule has 13 heteroatoms. The Morgan fingerprint density at radius 1 is 1.19 bits per heavy atom. The number of piperazine rings is 1. The lowest BCUT2D eigenvalue weighted by Gasteiger charge is -2.40. The molecule has 43 heavy (non-hydrogen) atoms. The van der Waals surface area contributed by atoms with E-state index < -0.39 is 34.7 Å². The van der Waals surface area contributed by atoms with Gasteiger partial charge in [-0.3, -0.25) is 9.78 Å². The van der Waals surface area contributed by atoms with Crippen molar-refractivity contribution >= 4 is 34.4 Å². The number of benzene rings is 1. The van der Waals surface area contributed by atoms with Gasteiger partial charge in [-0.2, -0.15) is 4.98 Å². The fraction of sp³-hybridized carbons (Fsp3) is 0.300. The highest BCUT2D eigenvalue weighted by molar-refractivity contribution is 6.36. The zero-order valence-corrected chi connectivity index (χ0v) is 24.3. The largest absolute Gasteiger partial charge is 0.489 e. The van der Waals surface area contributed by atoms with Crippen molar-refractivity contribution in [3.05, 3.63) is 81.3 Å². The molecule has 9 nitrogen and oxygen atoms in total. The smallest absolute Gasteiger partial charge is 0.355 e. The molecule has 0 bridgehead atoms. The predicted octanol–water partition coefficient (Wildman–Crippen LogP) is 4.94. The van der Waals surface area contributed by atoms with Crippen LogP contribution in [0.2, 0.25) is 5.02 Å². The van der Waals surface area contributed by atoms with E-state index in [0.717, 1.165) is 0 Å². The first kappa shape index (κ1) is 28.7. The Bertz CT molecular complexity index is 1870. The van der Waals surface area contributed by atoms with Crippen LogP contribution in [0.5, 0.6) is 5.75 Å². The van der Waals surface area contributed by atoms with E-state index in [4.69, 9.17) is 16.3 Å². The van der Waals surface area contributed by atoms with E-state index in [2.05, 4.69) is 21.5 Å². The maximum atomic E-state index is 15.2. The van der Waals surface area contributed by atoms with Crippen LogP contribution >= 0.6 is 11.6 Å². The third-order valence-electron chi connectivity index (χ3n) is 7.73. The number of rotatable bonds is 4. The molecule has 0 spiro atoms. The molecule has 6 rings (SSSR count). The number of fused-ring (bicyclic) bond motifs is 2. The minimum Gasteiger partial charge on any atom is -0.489 e. The summed E-state index contributed by atoms with van der Waals surface area (Å²) in [5, 5.41) is 0.0104. The van der Waals surface area contributed by atoms with Gasteiger partial charge in [0.2, 0.25) is 5.91 Å². The molecule has 1 saturated heterocycles. The molecule has 2 aliphatic heterocycles. The van der Waals surface area contributed by atoms with Crippen molar-refractivity contribution in [2.75, 3.05) is 31.1 Å². The Hall–Kier alpha value is -4.45.